The number of thiocarbonyl (C=S) groups is 1. The van der Waals surface area contributed by atoms with Crippen LogP contribution < -0.4 is 20.3 Å². The lowest BCUT2D eigenvalue weighted by Gasteiger charge is -2.38. The minimum Gasteiger partial charge on any atom is -0.481 e. The zero-order valence-corrected chi connectivity index (χ0v) is 20.7. The van der Waals surface area contributed by atoms with Crippen molar-refractivity contribution in [2.75, 3.05) is 50.2 Å². The highest BCUT2D eigenvalue weighted by Crippen LogP contribution is 2.35. The maximum atomic E-state index is 6.12. The van der Waals surface area contributed by atoms with E-state index in [1.807, 2.05) is 18.2 Å². The van der Waals surface area contributed by atoms with Crippen molar-refractivity contribution in [3.63, 3.8) is 0 Å². The molecule has 9 heteroatoms. The lowest BCUT2D eigenvalue weighted by atomic mass is 9.74. The fourth-order valence-electron chi connectivity index (χ4n) is 4.56. The van der Waals surface area contributed by atoms with Crippen molar-refractivity contribution in [2.24, 2.45) is 0 Å². The maximum absolute atomic E-state index is 6.12. The molecule has 2 aliphatic heterocycles. The Bertz CT molecular complexity index is 929. The van der Waals surface area contributed by atoms with E-state index in [1.54, 1.807) is 7.11 Å². The molecule has 4 rings (SSSR count). The van der Waals surface area contributed by atoms with Gasteiger partial charge < -0.3 is 25.0 Å². The average Bonchev–Trinajstić information content (AvgIpc) is 3.13. The van der Waals surface area contributed by atoms with Crippen molar-refractivity contribution >= 4 is 40.7 Å². The van der Waals surface area contributed by atoms with Crippen LogP contribution in [0.25, 0.3) is 0 Å². The summed E-state index contributed by atoms with van der Waals surface area (Å²) in [6.07, 6.45) is 6.70. The van der Waals surface area contributed by atoms with Crippen molar-refractivity contribution in [1.29, 1.82) is 0 Å². The maximum Gasteiger partial charge on any atom is 0.234 e. The molecule has 2 fully saturated rings. The summed E-state index contributed by atoms with van der Waals surface area (Å²) >= 11 is 11.7. The number of nitrogens with zero attached hydrogens (tertiary/aromatic N) is 3. The number of benzene rings is 1. The van der Waals surface area contributed by atoms with Crippen LogP contribution in [0.4, 0.5) is 11.8 Å². The van der Waals surface area contributed by atoms with Gasteiger partial charge in [0, 0.05) is 49.4 Å². The summed E-state index contributed by atoms with van der Waals surface area (Å²) in [6.45, 7) is 4.13. The van der Waals surface area contributed by atoms with E-state index >= 15 is 0 Å². The number of halogens is 1. The Morgan fingerprint density at radius 1 is 1.12 bits per heavy atom. The van der Waals surface area contributed by atoms with E-state index in [4.69, 9.17) is 38.3 Å². The van der Waals surface area contributed by atoms with Gasteiger partial charge in [0.15, 0.2) is 5.11 Å². The number of hydrogen-bond donors (Lipinski definition) is 2. The number of aromatic nitrogens is 2. The molecule has 2 aliphatic rings. The molecular formula is C24H32ClN5O2S. The van der Waals surface area contributed by atoms with Crippen molar-refractivity contribution in [1.82, 2.24) is 15.3 Å². The highest BCUT2D eigenvalue weighted by Gasteiger charge is 2.34. The molecule has 0 bridgehead atoms. The summed E-state index contributed by atoms with van der Waals surface area (Å²) in [5.74, 6) is 1.84. The molecule has 0 radical (unpaired) electrons. The Morgan fingerprint density at radius 2 is 1.82 bits per heavy atom. The molecule has 0 saturated carbocycles. The van der Waals surface area contributed by atoms with Crippen molar-refractivity contribution in [3.05, 3.63) is 40.9 Å². The second-order valence-corrected chi connectivity index (χ2v) is 9.55. The first-order valence-corrected chi connectivity index (χ1v) is 12.4. The second kappa shape index (κ2) is 11.3. The van der Waals surface area contributed by atoms with E-state index in [-0.39, 0.29) is 5.41 Å². The Kier molecular flexibility index (Phi) is 8.22. The number of nitrogens with one attached hydrogen (secondary N) is 2. The average molecular weight is 490 g/mol. The zero-order valence-electron chi connectivity index (χ0n) is 19.1. The van der Waals surface area contributed by atoms with E-state index < -0.39 is 0 Å². The van der Waals surface area contributed by atoms with Gasteiger partial charge in [-0.3, -0.25) is 0 Å². The van der Waals surface area contributed by atoms with Crippen molar-refractivity contribution in [2.45, 2.75) is 43.9 Å². The smallest absolute Gasteiger partial charge is 0.234 e. The number of rotatable bonds is 6. The van der Waals surface area contributed by atoms with Gasteiger partial charge in [0.25, 0.3) is 0 Å². The number of ether oxygens (including phenoxy) is 2. The number of anilines is 2. The monoisotopic (exact) mass is 489 g/mol. The zero-order chi connectivity index (χ0) is 23.1. The van der Waals surface area contributed by atoms with Gasteiger partial charge in [-0.15, -0.1) is 0 Å². The van der Waals surface area contributed by atoms with Crippen LogP contribution in [-0.4, -0.2) is 55.0 Å². The third-order valence-corrected chi connectivity index (χ3v) is 7.05. The fourth-order valence-corrected chi connectivity index (χ4v) is 4.85. The molecule has 0 unspecified atom stereocenters. The highest BCUT2D eigenvalue weighted by atomic mass is 35.5. The van der Waals surface area contributed by atoms with Crippen LogP contribution in [0.15, 0.2) is 30.3 Å². The molecule has 7 nitrogen and oxygen atoms in total. The lowest BCUT2D eigenvalue weighted by molar-refractivity contribution is 0.0515. The molecule has 1 aromatic heterocycles. The van der Waals surface area contributed by atoms with Gasteiger partial charge >= 0.3 is 0 Å². The van der Waals surface area contributed by atoms with Crippen LogP contribution >= 0.6 is 23.8 Å². The summed E-state index contributed by atoms with van der Waals surface area (Å²) in [4.78, 5) is 11.5. The van der Waals surface area contributed by atoms with E-state index in [2.05, 4.69) is 32.7 Å². The second-order valence-electron chi connectivity index (χ2n) is 8.70. The number of methoxy groups -OCH3 is 1. The van der Waals surface area contributed by atoms with Crippen LogP contribution in [0, 0.1) is 0 Å². The van der Waals surface area contributed by atoms with Crippen LogP contribution in [0.3, 0.4) is 0 Å². The first-order valence-electron chi connectivity index (χ1n) is 11.6. The predicted molar refractivity (Wildman–Crippen MR) is 137 cm³/mol. The topological polar surface area (TPSA) is 71.5 Å². The molecule has 2 N–H and O–H groups in total. The standard InChI is InChI=1S/C24H32ClN5O2S/c1-31-21-16-20(30-12-4-2-3-5-13-30)27-22(28-21)29-23(33)26-17-24(10-14-32-15-11-24)18-6-8-19(25)9-7-18/h6-9,16H,2-5,10-15,17H2,1H3,(H2,26,27,28,29,33). The van der Waals surface area contributed by atoms with E-state index in [0.29, 0.717) is 23.5 Å². The van der Waals surface area contributed by atoms with Gasteiger partial charge in [-0.1, -0.05) is 36.6 Å². The van der Waals surface area contributed by atoms with Gasteiger partial charge in [0.2, 0.25) is 11.8 Å². The molecule has 33 heavy (non-hydrogen) atoms. The summed E-state index contributed by atoms with van der Waals surface area (Å²) < 4.78 is 11.1. The van der Waals surface area contributed by atoms with Gasteiger partial charge in [0.05, 0.1) is 7.11 Å². The predicted octanol–water partition coefficient (Wildman–Crippen LogP) is 4.55. The Labute approximate surface area is 206 Å². The first-order chi connectivity index (χ1) is 16.1. The minimum absolute atomic E-state index is 0.0684. The largest absolute Gasteiger partial charge is 0.481 e. The van der Waals surface area contributed by atoms with Crippen LogP contribution in [0.5, 0.6) is 5.88 Å². The van der Waals surface area contributed by atoms with Crippen LogP contribution in [0.1, 0.15) is 44.1 Å². The quantitative estimate of drug-likeness (QED) is 0.572. The molecule has 2 saturated heterocycles. The SMILES string of the molecule is COc1cc(N2CCCCCC2)nc(NC(=S)NCC2(c3ccc(Cl)cc3)CCOCC2)n1. The van der Waals surface area contributed by atoms with E-state index in [1.165, 1.54) is 31.2 Å². The van der Waals surface area contributed by atoms with Crippen LogP contribution in [-0.2, 0) is 10.2 Å². The summed E-state index contributed by atoms with van der Waals surface area (Å²) in [5.41, 5.74) is 1.17. The normalized spacial score (nSPS) is 18.3. The molecule has 2 aromatic rings. The number of hydrogen-bond acceptors (Lipinski definition) is 6. The summed E-state index contributed by atoms with van der Waals surface area (Å²) in [5, 5.41) is 7.79. The molecule has 3 heterocycles. The minimum atomic E-state index is -0.0684. The molecular weight excluding hydrogens is 458 g/mol. The molecule has 178 valence electrons. The van der Waals surface area contributed by atoms with Gasteiger partial charge in [-0.05, 0) is 55.6 Å². The first kappa shape index (κ1) is 24.0. The van der Waals surface area contributed by atoms with Gasteiger partial charge in [-0.2, -0.15) is 9.97 Å². The molecule has 1 aromatic carbocycles. The molecule has 0 aliphatic carbocycles. The van der Waals surface area contributed by atoms with E-state index in [9.17, 15) is 0 Å². The van der Waals surface area contributed by atoms with Gasteiger partial charge in [0.1, 0.15) is 5.82 Å². The van der Waals surface area contributed by atoms with Gasteiger partial charge in [-0.25, -0.2) is 0 Å². The van der Waals surface area contributed by atoms with Crippen molar-refractivity contribution < 1.29 is 9.47 Å². The molecule has 0 spiro atoms. The summed E-state index contributed by atoms with van der Waals surface area (Å²) in [7, 11) is 1.62. The molecule has 0 amide bonds. The lowest BCUT2D eigenvalue weighted by Crippen LogP contribution is -2.45. The van der Waals surface area contributed by atoms with Crippen molar-refractivity contribution in [3.8, 4) is 5.88 Å². The Hall–Kier alpha value is -2.16. The third kappa shape index (κ3) is 6.25. The summed E-state index contributed by atoms with van der Waals surface area (Å²) in [6, 6.07) is 9.98. The Balaban J connectivity index is 1.45. The Morgan fingerprint density at radius 3 is 2.48 bits per heavy atom. The highest BCUT2D eigenvalue weighted by molar-refractivity contribution is 7.80. The molecule has 0 atom stereocenters. The van der Waals surface area contributed by atoms with Crippen LogP contribution in [0.2, 0.25) is 5.02 Å². The van der Waals surface area contributed by atoms with E-state index in [0.717, 1.165) is 50.0 Å². The third-order valence-electron chi connectivity index (χ3n) is 6.55. The fraction of sp³-hybridized carbons (Fsp3) is 0.542.